The van der Waals surface area contributed by atoms with Crippen LogP contribution in [0.1, 0.15) is 55.5 Å². The fraction of sp³-hybridized carbons (Fsp3) is 0.381. The van der Waals surface area contributed by atoms with E-state index in [0.717, 1.165) is 0 Å². The smallest absolute Gasteiger partial charge is 0.341 e. The lowest BCUT2D eigenvalue weighted by Gasteiger charge is -2.32. The number of esters is 1. The van der Waals surface area contributed by atoms with E-state index in [1.54, 1.807) is 36.1 Å². The number of carbonyl (C=O) groups excluding carboxylic acids is 3. The van der Waals surface area contributed by atoms with Crippen molar-refractivity contribution in [3.05, 3.63) is 54.0 Å². The molecule has 1 heterocycles. The Kier molecular flexibility index (Phi) is 6.98. The van der Waals surface area contributed by atoms with E-state index in [4.69, 9.17) is 9.15 Å². The fourth-order valence-electron chi connectivity index (χ4n) is 2.95. The number of ether oxygens (including phenoxy) is 1. The van der Waals surface area contributed by atoms with Gasteiger partial charge in [0.05, 0.1) is 17.5 Å². The van der Waals surface area contributed by atoms with Crippen LogP contribution in [-0.4, -0.2) is 40.9 Å². The van der Waals surface area contributed by atoms with Gasteiger partial charge in [0.2, 0.25) is 0 Å². The van der Waals surface area contributed by atoms with E-state index in [2.05, 4.69) is 5.32 Å². The lowest BCUT2D eigenvalue weighted by molar-refractivity contribution is -0.143. The first-order valence-corrected chi connectivity index (χ1v) is 9.19. The Balaban J connectivity index is 2.14. The molecule has 1 aromatic heterocycles. The number of nitrogens with zero attached hydrogens (tertiary/aromatic N) is 1. The predicted octanol–water partition coefficient (Wildman–Crippen LogP) is 3.72. The molecule has 0 saturated carbocycles. The monoisotopic (exact) mass is 386 g/mol. The van der Waals surface area contributed by atoms with Crippen molar-refractivity contribution in [3.8, 4) is 0 Å². The van der Waals surface area contributed by atoms with Gasteiger partial charge in [0.15, 0.2) is 11.9 Å². The molecule has 0 fully saturated rings. The Bertz CT molecular complexity index is 819. The summed E-state index contributed by atoms with van der Waals surface area (Å²) in [5, 5.41) is 2.63. The highest BCUT2D eigenvalue weighted by Crippen LogP contribution is 2.19. The normalized spacial score (nSPS) is 12.0. The van der Waals surface area contributed by atoms with E-state index >= 15 is 0 Å². The molecule has 0 bridgehead atoms. The molecule has 0 aliphatic heterocycles. The minimum absolute atomic E-state index is 0.0199. The molecular formula is C21H26N2O5. The molecule has 1 N–H and O–H groups in total. The second kappa shape index (κ2) is 9.21. The van der Waals surface area contributed by atoms with Gasteiger partial charge in [0, 0.05) is 12.1 Å². The summed E-state index contributed by atoms with van der Waals surface area (Å²) in [4.78, 5) is 39.2. The first-order chi connectivity index (χ1) is 13.2. The van der Waals surface area contributed by atoms with Crippen LogP contribution in [0.15, 0.2) is 47.1 Å². The Morgan fingerprint density at radius 1 is 0.964 bits per heavy atom. The summed E-state index contributed by atoms with van der Waals surface area (Å²) >= 11 is 0. The van der Waals surface area contributed by atoms with Crippen molar-refractivity contribution in [2.24, 2.45) is 0 Å². The number of para-hydroxylation sites is 1. The van der Waals surface area contributed by atoms with Gasteiger partial charge in [-0.3, -0.25) is 9.59 Å². The molecule has 7 nitrogen and oxygen atoms in total. The molecule has 2 amide bonds. The molecule has 0 spiro atoms. The van der Waals surface area contributed by atoms with E-state index in [1.165, 1.54) is 18.4 Å². The molecule has 0 saturated heterocycles. The Morgan fingerprint density at radius 2 is 1.61 bits per heavy atom. The highest BCUT2D eigenvalue weighted by molar-refractivity contribution is 6.07. The van der Waals surface area contributed by atoms with Crippen molar-refractivity contribution in [3.63, 3.8) is 0 Å². The number of carbonyl (C=O) groups is 3. The maximum atomic E-state index is 12.7. The molecule has 0 aliphatic carbocycles. The number of benzene rings is 1. The first-order valence-electron chi connectivity index (χ1n) is 9.19. The van der Waals surface area contributed by atoms with Gasteiger partial charge < -0.3 is 19.4 Å². The molecule has 28 heavy (non-hydrogen) atoms. The van der Waals surface area contributed by atoms with Crippen LogP contribution >= 0.6 is 0 Å². The highest BCUT2D eigenvalue weighted by Gasteiger charge is 2.28. The Morgan fingerprint density at radius 3 is 2.18 bits per heavy atom. The van der Waals surface area contributed by atoms with Gasteiger partial charge in [-0.05, 0) is 58.9 Å². The van der Waals surface area contributed by atoms with Crippen molar-refractivity contribution in [2.75, 3.05) is 5.32 Å². The van der Waals surface area contributed by atoms with E-state index in [1.807, 2.05) is 27.7 Å². The Labute approximate surface area is 164 Å². The molecule has 0 radical (unpaired) electrons. The molecule has 150 valence electrons. The van der Waals surface area contributed by atoms with Gasteiger partial charge in [-0.2, -0.15) is 0 Å². The molecule has 7 heteroatoms. The van der Waals surface area contributed by atoms with Crippen LogP contribution in [-0.2, 0) is 9.53 Å². The lowest BCUT2D eigenvalue weighted by Crippen LogP contribution is -2.47. The van der Waals surface area contributed by atoms with Gasteiger partial charge in [0.25, 0.3) is 11.8 Å². The summed E-state index contributed by atoms with van der Waals surface area (Å²) in [5.74, 6) is -1.32. The van der Waals surface area contributed by atoms with Crippen molar-refractivity contribution < 1.29 is 23.5 Å². The topological polar surface area (TPSA) is 88.9 Å². The van der Waals surface area contributed by atoms with E-state index < -0.39 is 18.0 Å². The highest BCUT2D eigenvalue weighted by atomic mass is 16.5. The van der Waals surface area contributed by atoms with Crippen LogP contribution in [0.25, 0.3) is 0 Å². The number of nitrogens with one attached hydrogen (secondary N) is 1. The van der Waals surface area contributed by atoms with Crippen LogP contribution in [0.4, 0.5) is 5.69 Å². The van der Waals surface area contributed by atoms with Gasteiger partial charge in [-0.25, -0.2) is 4.79 Å². The van der Waals surface area contributed by atoms with E-state index in [-0.39, 0.29) is 35.0 Å². The van der Waals surface area contributed by atoms with Crippen molar-refractivity contribution in [1.82, 2.24) is 4.90 Å². The molecule has 0 unspecified atom stereocenters. The van der Waals surface area contributed by atoms with Crippen molar-refractivity contribution in [1.29, 1.82) is 0 Å². The standard InChI is InChI=1S/C21H26N2O5/c1-13(2)23(14(3)4)20(25)15(5)28-21(26)16-9-6-7-10-17(16)22-19(24)18-11-8-12-27-18/h6-15H,1-5H3,(H,22,24)/t15-/m0/s1. The van der Waals surface area contributed by atoms with Crippen LogP contribution < -0.4 is 5.32 Å². The summed E-state index contributed by atoms with van der Waals surface area (Å²) in [6.45, 7) is 9.18. The van der Waals surface area contributed by atoms with Crippen LogP contribution in [0.2, 0.25) is 0 Å². The molecule has 0 aliphatic rings. The lowest BCUT2D eigenvalue weighted by atomic mass is 10.1. The average molecular weight is 386 g/mol. The summed E-state index contributed by atoms with van der Waals surface area (Å²) in [6, 6.07) is 9.52. The summed E-state index contributed by atoms with van der Waals surface area (Å²) in [6.07, 6.45) is 0.434. The Hall–Kier alpha value is -3.09. The largest absolute Gasteiger partial charge is 0.459 e. The maximum absolute atomic E-state index is 12.7. The SMILES string of the molecule is CC(C)N(C(=O)[C@H](C)OC(=O)c1ccccc1NC(=O)c1ccco1)C(C)C. The molecule has 2 aromatic rings. The zero-order chi connectivity index (χ0) is 20.8. The minimum Gasteiger partial charge on any atom is -0.459 e. The molecular weight excluding hydrogens is 360 g/mol. The van der Waals surface area contributed by atoms with Crippen molar-refractivity contribution in [2.45, 2.75) is 52.8 Å². The first kappa shape index (κ1) is 21.2. The number of hydrogen-bond donors (Lipinski definition) is 1. The van der Waals surface area contributed by atoms with Crippen LogP contribution in [0.5, 0.6) is 0 Å². The quantitative estimate of drug-likeness (QED) is 0.733. The third kappa shape index (κ3) is 5.00. The number of amides is 2. The van der Waals surface area contributed by atoms with Gasteiger partial charge >= 0.3 is 5.97 Å². The van der Waals surface area contributed by atoms with E-state index in [0.29, 0.717) is 0 Å². The average Bonchev–Trinajstić information content (AvgIpc) is 3.16. The minimum atomic E-state index is -0.953. The van der Waals surface area contributed by atoms with Gasteiger partial charge in [-0.1, -0.05) is 12.1 Å². The summed E-state index contributed by atoms with van der Waals surface area (Å²) < 4.78 is 10.4. The van der Waals surface area contributed by atoms with Gasteiger partial charge in [0.1, 0.15) is 0 Å². The van der Waals surface area contributed by atoms with Gasteiger partial charge in [-0.15, -0.1) is 0 Å². The zero-order valence-electron chi connectivity index (χ0n) is 16.8. The third-order valence-corrected chi connectivity index (χ3v) is 4.14. The van der Waals surface area contributed by atoms with E-state index in [9.17, 15) is 14.4 Å². The zero-order valence-corrected chi connectivity index (χ0v) is 16.8. The number of rotatable bonds is 7. The summed E-state index contributed by atoms with van der Waals surface area (Å²) in [7, 11) is 0. The second-order valence-electron chi connectivity index (χ2n) is 6.96. The molecule has 1 atom stereocenters. The summed E-state index contributed by atoms with van der Waals surface area (Å²) in [5.41, 5.74) is 0.431. The second-order valence-corrected chi connectivity index (χ2v) is 6.96. The number of furan rings is 1. The molecule has 1 aromatic carbocycles. The molecule has 2 rings (SSSR count). The fourth-order valence-corrected chi connectivity index (χ4v) is 2.95. The maximum Gasteiger partial charge on any atom is 0.341 e. The number of hydrogen-bond acceptors (Lipinski definition) is 5. The third-order valence-electron chi connectivity index (χ3n) is 4.14. The number of anilines is 1. The predicted molar refractivity (Wildman–Crippen MR) is 105 cm³/mol. The van der Waals surface area contributed by atoms with Crippen molar-refractivity contribution >= 4 is 23.5 Å². The van der Waals surface area contributed by atoms with Crippen LogP contribution in [0.3, 0.4) is 0 Å². The van der Waals surface area contributed by atoms with Crippen LogP contribution in [0, 0.1) is 0 Å².